The van der Waals surface area contributed by atoms with E-state index in [2.05, 4.69) is 73.8 Å². The van der Waals surface area contributed by atoms with Crippen molar-refractivity contribution in [2.45, 2.75) is 19.9 Å². The first-order valence-electron chi connectivity index (χ1n) is 7.49. The molecule has 20 heavy (non-hydrogen) atoms. The molecule has 0 bridgehead atoms. The largest absolute Gasteiger partial charge is 0.235 e. The van der Waals surface area contributed by atoms with Crippen LogP contribution in [-0.4, -0.2) is 41.7 Å². The zero-order valence-corrected chi connectivity index (χ0v) is 12.7. The van der Waals surface area contributed by atoms with Crippen LogP contribution in [0.2, 0.25) is 0 Å². The molecule has 0 N–H and O–H groups in total. The quantitative estimate of drug-likeness (QED) is 0.594. The molecule has 0 aromatic carbocycles. The standard InChI is InChI=1S/C18H22N2/c1-11-5-13-9-20(4)16-8-12(2)6-14-10-19(3)15(7-11)17(13)18(14)16/h5-10,13,16-18H,1-4H3/q+2. The van der Waals surface area contributed by atoms with Crippen molar-refractivity contribution < 1.29 is 9.15 Å². The van der Waals surface area contributed by atoms with Crippen molar-refractivity contribution in [3.63, 3.8) is 0 Å². The number of rotatable bonds is 0. The van der Waals surface area contributed by atoms with Crippen LogP contribution in [0.1, 0.15) is 13.8 Å². The van der Waals surface area contributed by atoms with Crippen molar-refractivity contribution in [1.82, 2.24) is 0 Å². The maximum Gasteiger partial charge on any atom is 0.186 e. The van der Waals surface area contributed by atoms with Gasteiger partial charge in [-0.25, -0.2) is 9.15 Å². The summed E-state index contributed by atoms with van der Waals surface area (Å²) in [7, 11) is 4.42. The molecule has 0 saturated heterocycles. The average molecular weight is 266 g/mol. The van der Waals surface area contributed by atoms with Gasteiger partial charge < -0.3 is 0 Å². The fourth-order valence-electron chi connectivity index (χ4n) is 4.44. The van der Waals surface area contributed by atoms with Gasteiger partial charge in [0.2, 0.25) is 0 Å². The van der Waals surface area contributed by atoms with E-state index in [0.29, 0.717) is 23.8 Å². The maximum absolute atomic E-state index is 2.43. The highest BCUT2D eigenvalue weighted by Gasteiger charge is 2.53. The van der Waals surface area contributed by atoms with Crippen molar-refractivity contribution in [2.75, 3.05) is 14.1 Å². The summed E-state index contributed by atoms with van der Waals surface area (Å²) in [5.74, 6) is 1.74. The third kappa shape index (κ3) is 1.51. The van der Waals surface area contributed by atoms with E-state index in [1.807, 2.05) is 0 Å². The molecule has 0 saturated carbocycles. The molecule has 0 radical (unpaired) electrons. The van der Waals surface area contributed by atoms with Gasteiger partial charge in [-0.3, -0.25) is 0 Å². The van der Waals surface area contributed by atoms with Crippen LogP contribution in [0.3, 0.4) is 0 Å². The predicted octanol–water partition coefficient (Wildman–Crippen LogP) is 2.39. The fourth-order valence-corrected chi connectivity index (χ4v) is 4.44. The van der Waals surface area contributed by atoms with Gasteiger partial charge in [-0.1, -0.05) is 6.08 Å². The van der Waals surface area contributed by atoms with E-state index >= 15 is 0 Å². The molecule has 2 heterocycles. The first-order chi connectivity index (χ1) is 9.54. The summed E-state index contributed by atoms with van der Waals surface area (Å²) >= 11 is 0. The van der Waals surface area contributed by atoms with Gasteiger partial charge in [-0.2, -0.15) is 0 Å². The van der Waals surface area contributed by atoms with Crippen LogP contribution in [0.15, 0.2) is 46.7 Å². The lowest BCUT2D eigenvalue weighted by Crippen LogP contribution is -2.51. The third-order valence-electron chi connectivity index (χ3n) is 5.18. The molecule has 0 amide bonds. The Labute approximate surface area is 120 Å². The number of hydrogen-bond donors (Lipinski definition) is 0. The summed E-state index contributed by atoms with van der Waals surface area (Å²) in [4.78, 5) is 0. The SMILES string of the molecule is CC1=CC2C=[N+](C)C3C=C(C)C=C4C=[N+](C)C(=C1)C2C43. The highest BCUT2D eigenvalue weighted by atomic mass is 15.1. The van der Waals surface area contributed by atoms with Crippen LogP contribution in [0.25, 0.3) is 0 Å². The smallest absolute Gasteiger partial charge is 0.186 e. The Morgan fingerprint density at radius 3 is 2.50 bits per heavy atom. The first-order valence-corrected chi connectivity index (χ1v) is 7.49. The van der Waals surface area contributed by atoms with Crippen molar-refractivity contribution >= 4 is 12.4 Å². The highest BCUT2D eigenvalue weighted by molar-refractivity contribution is 5.80. The van der Waals surface area contributed by atoms with Crippen molar-refractivity contribution in [3.05, 3.63) is 46.7 Å². The second-order valence-corrected chi connectivity index (χ2v) is 6.71. The molecule has 4 rings (SSSR count). The molecule has 4 atom stereocenters. The molecule has 0 fully saturated rings. The fraction of sp³-hybridized carbons (Fsp3) is 0.444. The third-order valence-corrected chi connectivity index (χ3v) is 5.18. The van der Waals surface area contributed by atoms with Gasteiger partial charge in [-0.15, -0.1) is 0 Å². The molecule has 0 aromatic rings. The van der Waals surface area contributed by atoms with Crippen LogP contribution in [0.4, 0.5) is 0 Å². The number of nitrogens with zero attached hydrogens (tertiary/aromatic N) is 2. The van der Waals surface area contributed by atoms with E-state index in [9.17, 15) is 0 Å². The number of likely N-dealkylation sites (N-methyl/N-ethyl adjacent to an activating group) is 1. The van der Waals surface area contributed by atoms with Gasteiger partial charge in [0, 0.05) is 11.6 Å². The van der Waals surface area contributed by atoms with Crippen molar-refractivity contribution in [2.24, 2.45) is 17.8 Å². The van der Waals surface area contributed by atoms with Gasteiger partial charge in [0.15, 0.2) is 18.0 Å². The summed E-state index contributed by atoms with van der Waals surface area (Å²) in [5, 5.41) is 0. The predicted molar refractivity (Wildman–Crippen MR) is 82.4 cm³/mol. The molecular formula is C18H22N2+2. The molecule has 102 valence electrons. The minimum atomic E-state index is 0.511. The summed E-state index contributed by atoms with van der Waals surface area (Å²) in [6.45, 7) is 4.43. The molecule has 0 aromatic heterocycles. The van der Waals surface area contributed by atoms with Gasteiger partial charge >= 0.3 is 0 Å². The van der Waals surface area contributed by atoms with E-state index in [0.717, 1.165) is 0 Å². The molecular weight excluding hydrogens is 244 g/mol. The van der Waals surface area contributed by atoms with Crippen LogP contribution in [-0.2, 0) is 0 Å². The molecule has 2 aliphatic heterocycles. The van der Waals surface area contributed by atoms with Gasteiger partial charge in [0.25, 0.3) is 0 Å². The summed E-state index contributed by atoms with van der Waals surface area (Å²) < 4.78 is 4.76. The minimum absolute atomic E-state index is 0.511. The van der Waals surface area contributed by atoms with Crippen LogP contribution >= 0.6 is 0 Å². The molecule has 2 aliphatic carbocycles. The summed E-state index contributed by atoms with van der Waals surface area (Å²) in [6.07, 6.45) is 14.4. The topological polar surface area (TPSA) is 6.02 Å². The van der Waals surface area contributed by atoms with Gasteiger partial charge in [0.1, 0.15) is 20.3 Å². The lowest BCUT2D eigenvalue weighted by molar-refractivity contribution is -0.544. The lowest BCUT2D eigenvalue weighted by Gasteiger charge is -2.40. The first kappa shape index (κ1) is 12.1. The van der Waals surface area contributed by atoms with Crippen LogP contribution in [0.5, 0.6) is 0 Å². The summed E-state index contributed by atoms with van der Waals surface area (Å²) in [5.41, 5.74) is 5.76. The van der Waals surface area contributed by atoms with E-state index in [1.54, 1.807) is 0 Å². The monoisotopic (exact) mass is 266 g/mol. The zero-order valence-electron chi connectivity index (χ0n) is 12.7. The van der Waals surface area contributed by atoms with Crippen LogP contribution < -0.4 is 0 Å². The Morgan fingerprint density at radius 1 is 0.950 bits per heavy atom. The van der Waals surface area contributed by atoms with Crippen molar-refractivity contribution in [3.8, 4) is 0 Å². The Morgan fingerprint density at radius 2 is 1.70 bits per heavy atom. The second-order valence-electron chi connectivity index (χ2n) is 6.71. The molecule has 2 nitrogen and oxygen atoms in total. The zero-order chi connectivity index (χ0) is 14.0. The minimum Gasteiger partial charge on any atom is -0.235 e. The normalized spacial score (nSPS) is 37.8. The Balaban J connectivity index is 1.98. The van der Waals surface area contributed by atoms with Crippen LogP contribution in [0, 0.1) is 17.8 Å². The number of allylic oxidation sites excluding steroid dienone is 6. The van der Waals surface area contributed by atoms with Gasteiger partial charge in [0.05, 0.1) is 17.8 Å². The highest BCUT2D eigenvalue weighted by Crippen LogP contribution is 2.46. The molecule has 0 spiro atoms. The van der Waals surface area contributed by atoms with E-state index in [4.69, 9.17) is 0 Å². The van der Waals surface area contributed by atoms with Gasteiger partial charge in [-0.05, 0) is 37.1 Å². The number of hydrogen-bond acceptors (Lipinski definition) is 0. The Kier molecular flexibility index (Phi) is 2.36. The molecule has 2 heteroatoms. The van der Waals surface area contributed by atoms with Crippen molar-refractivity contribution in [1.29, 1.82) is 0 Å². The van der Waals surface area contributed by atoms with E-state index in [-0.39, 0.29) is 0 Å². The molecule has 4 unspecified atom stereocenters. The Bertz CT molecular complexity index is 682. The van der Waals surface area contributed by atoms with E-state index in [1.165, 1.54) is 22.4 Å². The average Bonchev–Trinajstić information content (AvgIpc) is 2.37. The summed E-state index contributed by atoms with van der Waals surface area (Å²) in [6, 6.07) is 0.511. The Hall–Kier alpha value is -1.70. The second kappa shape index (κ2) is 3.91. The lowest BCUT2D eigenvalue weighted by atomic mass is 9.65. The van der Waals surface area contributed by atoms with E-state index < -0.39 is 0 Å². The molecule has 4 aliphatic rings. The maximum atomic E-state index is 2.43.